The molecule has 0 rings (SSSR count). The Hall–Kier alpha value is -2.55. The average Bonchev–Trinajstić information content (AvgIpc) is 3.33. The van der Waals surface area contributed by atoms with E-state index < -0.39 is 26.6 Å². The van der Waals surface area contributed by atoms with Gasteiger partial charge in [0.15, 0.2) is 0 Å². The summed E-state index contributed by atoms with van der Waals surface area (Å²) in [6.07, 6.45) is 64.4. The molecule has 0 saturated carbocycles. The maximum Gasteiger partial charge on any atom is 0.306 e. The Kier molecular flexibility index (Phi) is 49.1. The number of esters is 1. The zero-order valence-electron chi connectivity index (χ0n) is 46.9. The largest absolute Gasteiger partial charge is 0.756 e. The number of hydrogen-bond acceptors (Lipinski definition) is 7. The minimum Gasteiger partial charge on any atom is -0.756 e. The van der Waals surface area contributed by atoms with Crippen molar-refractivity contribution in [2.24, 2.45) is 0 Å². The standard InChI is InChI=1S/C61H111N2O7P/c1-7-10-13-16-19-22-25-28-30-31-32-33-34-36-39-42-45-48-51-54-61(65)70-59(52-49-46-43-40-37-27-24-21-18-15-12-9-3)58(57-69-71(66,67)68-56-55-63(4,5)6)62-60(64)53-50-47-44-41-38-35-29-26-23-20-17-14-11-8-2/h19,22,28,30,32-33,35-36,38-39,49,52,58-59H,7-18,20-21,23-27,29,31,34,37,40-48,50-51,53-57H2,1-6H3,(H-,62,64,66,67)/b22-19-,30-28-,33-32-,38-35-,39-36-,52-49+. The molecule has 0 saturated heterocycles. The van der Waals surface area contributed by atoms with Crippen LogP contribution in [0.25, 0.3) is 0 Å². The summed E-state index contributed by atoms with van der Waals surface area (Å²) in [5.41, 5.74) is 0. The predicted octanol–water partition coefficient (Wildman–Crippen LogP) is 17.0. The molecule has 0 aromatic rings. The van der Waals surface area contributed by atoms with Gasteiger partial charge in [0.05, 0.1) is 33.8 Å². The molecule has 10 heteroatoms. The van der Waals surface area contributed by atoms with E-state index in [2.05, 4.69) is 86.8 Å². The van der Waals surface area contributed by atoms with E-state index in [0.717, 1.165) is 83.5 Å². The van der Waals surface area contributed by atoms with Crippen molar-refractivity contribution < 1.29 is 37.3 Å². The molecule has 0 aliphatic carbocycles. The summed E-state index contributed by atoms with van der Waals surface area (Å²) in [5, 5.41) is 3.00. The topological polar surface area (TPSA) is 114 Å². The van der Waals surface area contributed by atoms with Crippen molar-refractivity contribution in [2.45, 2.75) is 264 Å². The summed E-state index contributed by atoms with van der Waals surface area (Å²) in [5.74, 6) is -0.596. The maximum absolute atomic E-state index is 13.5. The number of nitrogens with one attached hydrogen (secondary N) is 1. The van der Waals surface area contributed by atoms with Crippen LogP contribution in [0.5, 0.6) is 0 Å². The van der Waals surface area contributed by atoms with Crippen LogP contribution in [-0.4, -0.2) is 69.4 Å². The Labute approximate surface area is 438 Å². The molecule has 0 radical (unpaired) electrons. The van der Waals surface area contributed by atoms with Crippen LogP contribution in [0.4, 0.5) is 0 Å². The summed E-state index contributed by atoms with van der Waals surface area (Å²) in [7, 11) is 1.15. The first-order chi connectivity index (χ1) is 34.4. The summed E-state index contributed by atoms with van der Waals surface area (Å²) in [4.78, 5) is 39.8. The number of quaternary nitrogens is 1. The molecule has 1 N–H and O–H groups in total. The fourth-order valence-electron chi connectivity index (χ4n) is 8.03. The number of likely N-dealkylation sites (N-methyl/N-ethyl adjacent to an activating group) is 1. The van der Waals surface area contributed by atoms with Crippen LogP contribution < -0.4 is 10.2 Å². The molecule has 9 nitrogen and oxygen atoms in total. The summed E-state index contributed by atoms with van der Waals surface area (Å²) >= 11 is 0. The van der Waals surface area contributed by atoms with Crippen molar-refractivity contribution in [1.29, 1.82) is 0 Å². The minimum absolute atomic E-state index is 0.0325. The van der Waals surface area contributed by atoms with E-state index in [0.29, 0.717) is 23.9 Å². The zero-order valence-corrected chi connectivity index (χ0v) is 47.8. The number of amides is 1. The third-order valence-electron chi connectivity index (χ3n) is 12.6. The number of phosphoric ester groups is 1. The second kappa shape index (κ2) is 51.0. The van der Waals surface area contributed by atoms with Gasteiger partial charge in [0.1, 0.15) is 19.3 Å². The van der Waals surface area contributed by atoms with Crippen molar-refractivity contribution in [3.05, 3.63) is 72.9 Å². The van der Waals surface area contributed by atoms with Crippen molar-refractivity contribution in [2.75, 3.05) is 40.9 Å². The molecule has 0 heterocycles. The van der Waals surface area contributed by atoms with Gasteiger partial charge in [-0.05, 0) is 102 Å². The molecular weight excluding hydrogens is 904 g/mol. The van der Waals surface area contributed by atoms with Crippen LogP contribution in [0, 0.1) is 0 Å². The SMILES string of the molecule is CCCCC/C=C\C/C=C\C/C=C\C/C=C\CCCCCC(=O)OC(/C=C/CCCCCCCCCCCC)C(COP(=O)([O-])OCC[N+](C)(C)C)NC(=O)CCCCC/C=C\CCCCCCCCC. The highest BCUT2D eigenvalue weighted by atomic mass is 31.2. The molecule has 1 amide bonds. The number of carbonyl (C=O) groups excluding carboxylic acids is 2. The predicted molar refractivity (Wildman–Crippen MR) is 302 cm³/mol. The number of unbranched alkanes of at least 4 members (excludes halogenated alkanes) is 26. The molecule has 3 unspecified atom stereocenters. The van der Waals surface area contributed by atoms with Crippen LogP contribution in [0.3, 0.4) is 0 Å². The van der Waals surface area contributed by atoms with Crippen LogP contribution in [0.1, 0.15) is 252 Å². The molecule has 0 aliphatic heterocycles. The summed E-state index contributed by atoms with van der Waals surface area (Å²) in [6, 6.07) is -0.910. The molecule has 0 bridgehead atoms. The molecule has 0 aromatic carbocycles. The Bertz CT molecular complexity index is 1450. The lowest BCUT2D eigenvalue weighted by Crippen LogP contribution is -2.47. The third-order valence-corrected chi connectivity index (χ3v) is 13.6. The molecule has 71 heavy (non-hydrogen) atoms. The van der Waals surface area contributed by atoms with Crippen molar-refractivity contribution in [3.8, 4) is 0 Å². The molecule has 3 atom stereocenters. The van der Waals surface area contributed by atoms with Gasteiger partial charge in [-0.3, -0.25) is 14.2 Å². The van der Waals surface area contributed by atoms with Gasteiger partial charge < -0.3 is 28.5 Å². The number of hydrogen-bond donors (Lipinski definition) is 1. The van der Waals surface area contributed by atoms with Gasteiger partial charge in [-0.2, -0.15) is 0 Å². The number of ether oxygens (including phenoxy) is 1. The van der Waals surface area contributed by atoms with Crippen LogP contribution in [0.2, 0.25) is 0 Å². The fraction of sp³-hybridized carbons (Fsp3) is 0.770. The first kappa shape index (κ1) is 68.5. The van der Waals surface area contributed by atoms with Gasteiger partial charge in [0, 0.05) is 12.8 Å². The highest BCUT2D eigenvalue weighted by Gasteiger charge is 2.27. The number of carbonyl (C=O) groups is 2. The molecule has 0 aromatic heterocycles. The van der Waals surface area contributed by atoms with E-state index in [1.54, 1.807) is 0 Å². The van der Waals surface area contributed by atoms with E-state index in [1.807, 2.05) is 33.3 Å². The lowest BCUT2D eigenvalue weighted by atomic mass is 10.1. The second-order valence-corrected chi connectivity index (χ2v) is 22.2. The Morgan fingerprint density at radius 3 is 1.32 bits per heavy atom. The van der Waals surface area contributed by atoms with Gasteiger partial charge in [-0.25, -0.2) is 0 Å². The number of nitrogens with zero attached hydrogens (tertiary/aromatic N) is 1. The van der Waals surface area contributed by atoms with Gasteiger partial charge in [0.2, 0.25) is 5.91 Å². The minimum atomic E-state index is -4.71. The van der Waals surface area contributed by atoms with Crippen LogP contribution in [0.15, 0.2) is 72.9 Å². The lowest BCUT2D eigenvalue weighted by Gasteiger charge is -2.30. The van der Waals surface area contributed by atoms with Crippen LogP contribution in [-0.2, 0) is 27.9 Å². The fourth-order valence-corrected chi connectivity index (χ4v) is 8.75. The smallest absolute Gasteiger partial charge is 0.306 e. The van der Waals surface area contributed by atoms with E-state index >= 15 is 0 Å². The summed E-state index contributed by atoms with van der Waals surface area (Å²) in [6.45, 7) is 6.77. The van der Waals surface area contributed by atoms with Gasteiger partial charge in [-0.1, -0.05) is 210 Å². The maximum atomic E-state index is 13.5. The Morgan fingerprint density at radius 1 is 0.493 bits per heavy atom. The first-order valence-electron chi connectivity index (χ1n) is 29.2. The number of phosphoric acid groups is 1. The molecule has 0 fully saturated rings. The zero-order chi connectivity index (χ0) is 52.2. The number of allylic oxidation sites excluding steroid dienone is 11. The summed E-state index contributed by atoms with van der Waals surface area (Å²) < 4.78 is 30.2. The van der Waals surface area contributed by atoms with E-state index in [1.165, 1.54) is 122 Å². The molecule has 0 aliphatic rings. The van der Waals surface area contributed by atoms with Crippen LogP contribution >= 0.6 is 7.82 Å². The van der Waals surface area contributed by atoms with Crippen molar-refractivity contribution in [1.82, 2.24) is 5.32 Å². The third kappa shape index (κ3) is 52.1. The lowest BCUT2D eigenvalue weighted by molar-refractivity contribution is -0.870. The monoisotopic (exact) mass is 1010 g/mol. The quantitative estimate of drug-likeness (QED) is 0.0212. The van der Waals surface area contributed by atoms with Crippen molar-refractivity contribution in [3.63, 3.8) is 0 Å². The normalized spacial score (nSPS) is 14.3. The highest BCUT2D eigenvalue weighted by Crippen LogP contribution is 2.38. The van der Waals surface area contributed by atoms with Gasteiger partial charge >= 0.3 is 5.97 Å². The molecular formula is C61H111N2O7P. The van der Waals surface area contributed by atoms with E-state index in [4.69, 9.17) is 13.8 Å². The Balaban J connectivity index is 5.41. The van der Waals surface area contributed by atoms with Gasteiger partial charge in [0.25, 0.3) is 7.82 Å². The Morgan fingerprint density at radius 2 is 0.859 bits per heavy atom. The average molecular weight is 1020 g/mol. The highest BCUT2D eigenvalue weighted by molar-refractivity contribution is 7.45. The van der Waals surface area contributed by atoms with E-state index in [9.17, 15) is 19.0 Å². The molecule has 0 spiro atoms. The van der Waals surface area contributed by atoms with Gasteiger partial charge in [-0.15, -0.1) is 0 Å². The first-order valence-corrected chi connectivity index (χ1v) is 30.7. The second-order valence-electron chi connectivity index (χ2n) is 20.8. The van der Waals surface area contributed by atoms with Crippen molar-refractivity contribution >= 4 is 19.7 Å². The molecule has 412 valence electrons. The van der Waals surface area contributed by atoms with E-state index in [-0.39, 0.29) is 31.3 Å². The number of rotatable bonds is 52.